The molecule has 3 rings (SSSR count). The summed E-state index contributed by atoms with van der Waals surface area (Å²) in [7, 11) is 1.54. The highest BCUT2D eigenvalue weighted by molar-refractivity contribution is 8.03. The molecule has 0 fully saturated rings. The largest absolute Gasteiger partial charge is 0.496 e. The second kappa shape index (κ2) is 9.87. The monoisotopic (exact) mass is 434 g/mol. The van der Waals surface area contributed by atoms with Crippen molar-refractivity contribution in [3.8, 4) is 11.8 Å². The first-order valence-corrected chi connectivity index (χ1v) is 10.5. The number of amides is 2. The summed E-state index contributed by atoms with van der Waals surface area (Å²) in [6, 6.07) is 18.6. The molecule has 8 heteroatoms. The quantitative estimate of drug-likeness (QED) is 0.616. The molecule has 1 heterocycles. The van der Waals surface area contributed by atoms with Crippen molar-refractivity contribution in [2.75, 3.05) is 18.2 Å². The summed E-state index contributed by atoms with van der Waals surface area (Å²) in [5.41, 5.74) is 7.91. The summed E-state index contributed by atoms with van der Waals surface area (Å²) < 4.78 is 5.52. The van der Waals surface area contributed by atoms with Crippen LogP contribution in [0.15, 0.2) is 76.5 Å². The summed E-state index contributed by atoms with van der Waals surface area (Å²) in [4.78, 5) is 24.7. The SMILES string of the molecule is COc1ccccc1[C@@H]1C(C#N)=C(SCC(N)=O)NC(C)=C1C(=O)Nc1ccccc1. The van der Waals surface area contributed by atoms with Crippen LogP contribution < -0.4 is 21.1 Å². The van der Waals surface area contributed by atoms with Gasteiger partial charge in [0.15, 0.2) is 0 Å². The Labute approximate surface area is 185 Å². The molecule has 1 aliphatic rings. The van der Waals surface area contributed by atoms with Crippen LogP contribution >= 0.6 is 11.8 Å². The molecule has 1 aliphatic heterocycles. The summed E-state index contributed by atoms with van der Waals surface area (Å²) in [6.45, 7) is 1.77. The Balaban J connectivity index is 2.11. The molecule has 0 spiro atoms. The summed E-state index contributed by atoms with van der Waals surface area (Å²) >= 11 is 1.14. The molecule has 2 aromatic rings. The first-order valence-electron chi connectivity index (χ1n) is 9.48. The smallest absolute Gasteiger partial charge is 0.254 e. The molecule has 0 saturated carbocycles. The van der Waals surface area contributed by atoms with Gasteiger partial charge in [0.1, 0.15) is 5.75 Å². The summed E-state index contributed by atoms with van der Waals surface area (Å²) in [5, 5.41) is 16.5. The number of methoxy groups -OCH3 is 1. The summed E-state index contributed by atoms with van der Waals surface area (Å²) in [5.74, 6) is -0.954. The zero-order valence-corrected chi connectivity index (χ0v) is 18.0. The molecule has 2 amide bonds. The fraction of sp³-hybridized carbons (Fsp3) is 0.174. The number of benzene rings is 2. The predicted octanol–water partition coefficient (Wildman–Crippen LogP) is 3.25. The number of allylic oxidation sites excluding steroid dienone is 2. The molecule has 31 heavy (non-hydrogen) atoms. The van der Waals surface area contributed by atoms with Crippen molar-refractivity contribution in [1.29, 1.82) is 5.26 Å². The Hall–Kier alpha value is -3.70. The van der Waals surface area contributed by atoms with Gasteiger partial charge in [0, 0.05) is 22.5 Å². The van der Waals surface area contributed by atoms with Gasteiger partial charge in [-0.25, -0.2) is 0 Å². The van der Waals surface area contributed by atoms with E-state index in [1.54, 1.807) is 32.2 Å². The molecule has 158 valence electrons. The van der Waals surface area contributed by atoms with E-state index >= 15 is 0 Å². The van der Waals surface area contributed by atoms with Crippen molar-refractivity contribution < 1.29 is 14.3 Å². The van der Waals surface area contributed by atoms with E-state index in [-0.39, 0.29) is 11.7 Å². The van der Waals surface area contributed by atoms with Gasteiger partial charge in [-0.2, -0.15) is 5.26 Å². The molecule has 0 radical (unpaired) electrons. The molecule has 0 aromatic heterocycles. The molecule has 1 atom stereocenters. The second-order valence-electron chi connectivity index (χ2n) is 6.77. The van der Waals surface area contributed by atoms with Crippen LogP contribution in [0.4, 0.5) is 5.69 Å². The maximum Gasteiger partial charge on any atom is 0.254 e. The molecular formula is C23H22N4O3S. The molecule has 0 bridgehead atoms. The minimum atomic E-state index is -0.679. The van der Waals surface area contributed by atoms with Gasteiger partial charge < -0.3 is 21.1 Å². The molecule has 0 aliphatic carbocycles. The van der Waals surface area contributed by atoms with Crippen LogP contribution in [0.5, 0.6) is 5.75 Å². The number of hydrogen-bond donors (Lipinski definition) is 3. The van der Waals surface area contributed by atoms with Crippen molar-refractivity contribution in [2.45, 2.75) is 12.8 Å². The van der Waals surface area contributed by atoms with Crippen LogP contribution in [0.2, 0.25) is 0 Å². The fourth-order valence-electron chi connectivity index (χ4n) is 3.41. The Morgan fingerprint density at radius 1 is 1.19 bits per heavy atom. The van der Waals surface area contributed by atoms with Crippen LogP contribution in [0.25, 0.3) is 0 Å². The van der Waals surface area contributed by atoms with E-state index in [4.69, 9.17) is 10.5 Å². The molecule has 2 aromatic carbocycles. The van der Waals surface area contributed by atoms with Gasteiger partial charge in [0.2, 0.25) is 5.91 Å². The number of carbonyl (C=O) groups excluding carboxylic acids is 2. The predicted molar refractivity (Wildman–Crippen MR) is 121 cm³/mol. The van der Waals surface area contributed by atoms with E-state index < -0.39 is 11.8 Å². The average molecular weight is 435 g/mol. The van der Waals surface area contributed by atoms with Crippen LogP contribution in [-0.4, -0.2) is 24.7 Å². The van der Waals surface area contributed by atoms with Crippen LogP contribution in [0.1, 0.15) is 18.4 Å². The number of anilines is 1. The van der Waals surface area contributed by atoms with Crippen molar-refractivity contribution in [1.82, 2.24) is 5.32 Å². The lowest BCUT2D eigenvalue weighted by atomic mass is 9.81. The van der Waals surface area contributed by atoms with Gasteiger partial charge in [-0.15, -0.1) is 0 Å². The number of nitriles is 1. The lowest BCUT2D eigenvalue weighted by molar-refractivity contribution is -0.115. The fourth-order valence-corrected chi connectivity index (χ4v) is 4.24. The van der Waals surface area contributed by atoms with Gasteiger partial charge in [-0.05, 0) is 25.1 Å². The van der Waals surface area contributed by atoms with E-state index in [9.17, 15) is 14.9 Å². The number of primary amides is 1. The molecule has 0 saturated heterocycles. The minimum Gasteiger partial charge on any atom is -0.496 e. The normalized spacial score (nSPS) is 15.7. The standard InChI is InChI=1S/C23H22N4O3S/c1-14-20(22(29)27-15-8-4-3-5-9-15)21(16-10-6-7-11-18(16)30-2)17(12-24)23(26-14)31-13-19(25)28/h3-11,21,26H,13H2,1-2H3,(H2,25,28)(H,27,29)/t21-/m1/s1. The Morgan fingerprint density at radius 2 is 1.87 bits per heavy atom. The van der Waals surface area contributed by atoms with E-state index in [2.05, 4.69) is 16.7 Å². The van der Waals surface area contributed by atoms with Crippen LogP contribution in [0.3, 0.4) is 0 Å². The topological polar surface area (TPSA) is 117 Å². The zero-order valence-electron chi connectivity index (χ0n) is 17.1. The highest BCUT2D eigenvalue weighted by Gasteiger charge is 2.36. The van der Waals surface area contributed by atoms with E-state index in [1.807, 2.05) is 36.4 Å². The van der Waals surface area contributed by atoms with E-state index in [0.717, 1.165) is 11.8 Å². The maximum atomic E-state index is 13.3. The molecule has 0 unspecified atom stereocenters. The molecular weight excluding hydrogens is 412 g/mol. The Bertz CT molecular complexity index is 1100. The Kier molecular flexibility index (Phi) is 7.00. The third-order valence-electron chi connectivity index (χ3n) is 4.73. The van der Waals surface area contributed by atoms with Gasteiger partial charge in [0.25, 0.3) is 5.91 Å². The highest BCUT2D eigenvalue weighted by atomic mass is 32.2. The molecule has 7 nitrogen and oxygen atoms in total. The van der Waals surface area contributed by atoms with Crippen molar-refractivity contribution in [3.63, 3.8) is 0 Å². The summed E-state index contributed by atoms with van der Waals surface area (Å²) in [6.07, 6.45) is 0. The number of ether oxygens (including phenoxy) is 1. The van der Waals surface area contributed by atoms with Gasteiger partial charge in [-0.1, -0.05) is 48.2 Å². The maximum absolute atomic E-state index is 13.3. The number of para-hydroxylation sites is 2. The Morgan fingerprint density at radius 3 is 2.52 bits per heavy atom. The van der Waals surface area contributed by atoms with E-state index in [0.29, 0.717) is 38.9 Å². The van der Waals surface area contributed by atoms with Crippen molar-refractivity contribution >= 4 is 29.3 Å². The van der Waals surface area contributed by atoms with Crippen molar-refractivity contribution in [2.24, 2.45) is 5.73 Å². The number of nitrogens with two attached hydrogens (primary N) is 1. The lowest BCUT2D eigenvalue weighted by Gasteiger charge is -2.30. The van der Waals surface area contributed by atoms with Crippen molar-refractivity contribution in [3.05, 3.63) is 82.0 Å². The zero-order chi connectivity index (χ0) is 22.4. The number of carbonyl (C=O) groups is 2. The number of nitrogens with zero attached hydrogens (tertiary/aromatic N) is 1. The highest BCUT2D eigenvalue weighted by Crippen LogP contribution is 2.43. The first-order chi connectivity index (χ1) is 15.0. The number of rotatable bonds is 7. The second-order valence-corrected chi connectivity index (χ2v) is 7.75. The van der Waals surface area contributed by atoms with Gasteiger partial charge in [0.05, 0.1) is 35.5 Å². The number of nitrogens with one attached hydrogen (secondary N) is 2. The van der Waals surface area contributed by atoms with E-state index in [1.165, 1.54) is 0 Å². The van der Waals surface area contributed by atoms with Gasteiger partial charge >= 0.3 is 0 Å². The van der Waals surface area contributed by atoms with Crippen LogP contribution in [-0.2, 0) is 9.59 Å². The third kappa shape index (κ3) is 4.90. The first kappa shape index (κ1) is 22.0. The number of hydrogen-bond acceptors (Lipinski definition) is 6. The number of dihydropyridines is 1. The minimum absolute atomic E-state index is 0.00494. The van der Waals surface area contributed by atoms with Crippen LogP contribution in [0, 0.1) is 11.3 Å². The number of thioether (sulfide) groups is 1. The molecule has 4 N–H and O–H groups in total. The third-order valence-corrected chi connectivity index (χ3v) is 5.77. The lowest BCUT2D eigenvalue weighted by Crippen LogP contribution is -2.31. The average Bonchev–Trinajstić information content (AvgIpc) is 2.77. The van der Waals surface area contributed by atoms with Gasteiger partial charge in [-0.3, -0.25) is 9.59 Å².